The number of hydrogen-bond acceptors (Lipinski definition) is 4. The maximum Gasteiger partial charge on any atom is 0.331 e. The van der Waals surface area contributed by atoms with Crippen LogP contribution in [0.3, 0.4) is 0 Å². The highest BCUT2D eigenvalue weighted by Crippen LogP contribution is 2.29. The molecule has 3 N–H and O–H groups in total. The minimum absolute atomic E-state index is 0.0140. The molecule has 0 saturated heterocycles. The number of carbonyl (C=O) groups is 3. The molecule has 0 aliphatic heterocycles. The molecule has 0 saturated carbocycles. The zero-order chi connectivity index (χ0) is 27.3. The third-order valence-corrected chi connectivity index (χ3v) is 6.67. The van der Waals surface area contributed by atoms with Gasteiger partial charge in [0.05, 0.1) is 12.1 Å². The number of nitrogens with one attached hydrogen (secondary N) is 2. The van der Waals surface area contributed by atoms with Crippen molar-refractivity contribution in [3.8, 4) is 0 Å². The molecule has 1 rings (SSSR count). The van der Waals surface area contributed by atoms with Gasteiger partial charge in [-0.3, -0.25) is 9.59 Å². The molecule has 0 fully saturated rings. The Kier molecular flexibility index (Phi) is 10.3. The number of carbonyl (C=O) groups excluding carboxylic acids is 2. The summed E-state index contributed by atoms with van der Waals surface area (Å²) < 4.78 is 0. The quantitative estimate of drug-likeness (QED) is 0.435. The molecule has 2 amide bonds. The number of hydrogen-bond donors (Lipinski definition) is 3. The van der Waals surface area contributed by atoms with Crippen molar-refractivity contribution >= 4 is 17.8 Å². The Labute approximate surface area is 211 Å². The third-order valence-electron chi connectivity index (χ3n) is 6.67. The summed E-state index contributed by atoms with van der Waals surface area (Å²) in [6, 6.07) is 6.27. The molecule has 0 aliphatic rings. The molecular weight excluding hydrogens is 442 g/mol. The van der Waals surface area contributed by atoms with Crippen molar-refractivity contribution in [2.24, 2.45) is 11.3 Å². The van der Waals surface area contributed by atoms with Gasteiger partial charge in [0, 0.05) is 18.0 Å². The predicted octanol–water partition coefficient (Wildman–Crippen LogP) is 3.91. The second-order valence-electron chi connectivity index (χ2n) is 11.5. The van der Waals surface area contributed by atoms with Crippen molar-refractivity contribution in [3.05, 3.63) is 47.0 Å². The van der Waals surface area contributed by atoms with Crippen LogP contribution in [-0.2, 0) is 19.8 Å². The smallest absolute Gasteiger partial charge is 0.331 e. The lowest BCUT2D eigenvalue weighted by molar-refractivity contribution is -0.141. The van der Waals surface area contributed by atoms with Crippen LogP contribution >= 0.6 is 0 Å². The van der Waals surface area contributed by atoms with E-state index in [0.717, 1.165) is 11.1 Å². The van der Waals surface area contributed by atoms with Gasteiger partial charge in [-0.25, -0.2) is 4.79 Å². The van der Waals surface area contributed by atoms with Gasteiger partial charge in [-0.15, -0.1) is 0 Å². The highest BCUT2D eigenvalue weighted by Gasteiger charge is 2.41. The van der Waals surface area contributed by atoms with Crippen molar-refractivity contribution in [1.29, 1.82) is 0 Å². The Morgan fingerprint density at radius 1 is 1.06 bits per heavy atom. The molecule has 0 unspecified atom stereocenters. The monoisotopic (exact) mass is 487 g/mol. The SMILES string of the molecule is CN[C@H](C(=O)N[C@H](C(=O)N(C)[C@H](/C=C(\C)C(=O)O)C(C)C)C(C)(C)C)C(C)(C)c1cccc(C)c1. The molecular formula is C28H45N3O4. The largest absolute Gasteiger partial charge is 0.478 e. The van der Waals surface area contributed by atoms with Crippen LogP contribution in [0.1, 0.15) is 66.5 Å². The van der Waals surface area contributed by atoms with Gasteiger partial charge in [0.2, 0.25) is 11.8 Å². The maximum atomic E-state index is 13.7. The predicted molar refractivity (Wildman–Crippen MR) is 141 cm³/mol. The van der Waals surface area contributed by atoms with E-state index in [2.05, 4.69) is 16.7 Å². The Morgan fingerprint density at radius 3 is 2.06 bits per heavy atom. The van der Waals surface area contributed by atoms with E-state index in [9.17, 15) is 19.5 Å². The topological polar surface area (TPSA) is 98.7 Å². The van der Waals surface area contributed by atoms with Crippen LogP contribution in [0.5, 0.6) is 0 Å². The van der Waals surface area contributed by atoms with Crippen molar-refractivity contribution in [3.63, 3.8) is 0 Å². The van der Waals surface area contributed by atoms with Crippen LogP contribution in [-0.4, -0.2) is 60.0 Å². The first-order chi connectivity index (χ1) is 15.9. The van der Waals surface area contributed by atoms with Crippen LogP contribution in [0.15, 0.2) is 35.9 Å². The summed E-state index contributed by atoms with van der Waals surface area (Å²) in [6.07, 6.45) is 1.60. The van der Waals surface area contributed by atoms with Crippen LogP contribution < -0.4 is 10.6 Å². The van der Waals surface area contributed by atoms with E-state index in [1.807, 2.05) is 73.6 Å². The fourth-order valence-electron chi connectivity index (χ4n) is 4.34. The lowest BCUT2D eigenvalue weighted by Crippen LogP contribution is -2.61. The van der Waals surface area contributed by atoms with Crippen LogP contribution in [0.25, 0.3) is 0 Å². The molecule has 3 atom stereocenters. The van der Waals surface area contributed by atoms with Gasteiger partial charge in [0.25, 0.3) is 0 Å². The van der Waals surface area contributed by atoms with E-state index in [-0.39, 0.29) is 23.3 Å². The number of likely N-dealkylation sites (N-methyl/N-ethyl adjacent to an activating group) is 2. The first-order valence-corrected chi connectivity index (χ1v) is 12.2. The average Bonchev–Trinajstić information content (AvgIpc) is 2.73. The van der Waals surface area contributed by atoms with Crippen molar-refractivity contribution < 1.29 is 19.5 Å². The number of aryl methyl sites for hydroxylation is 1. The molecule has 0 spiro atoms. The minimum atomic E-state index is -1.02. The summed E-state index contributed by atoms with van der Waals surface area (Å²) in [4.78, 5) is 40.3. The van der Waals surface area contributed by atoms with E-state index < -0.39 is 34.9 Å². The molecule has 1 aromatic rings. The average molecular weight is 488 g/mol. The lowest BCUT2D eigenvalue weighted by Gasteiger charge is -2.40. The van der Waals surface area contributed by atoms with E-state index in [0.29, 0.717) is 0 Å². The molecule has 7 nitrogen and oxygen atoms in total. The van der Waals surface area contributed by atoms with E-state index >= 15 is 0 Å². The van der Waals surface area contributed by atoms with Crippen LogP contribution in [0.4, 0.5) is 0 Å². The minimum Gasteiger partial charge on any atom is -0.478 e. The molecule has 0 bridgehead atoms. The van der Waals surface area contributed by atoms with Crippen molar-refractivity contribution in [2.45, 2.75) is 85.9 Å². The van der Waals surface area contributed by atoms with Gasteiger partial charge in [-0.2, -0.15) is 0 Å². The summed E-state index contributed by atoms with van der Waals surface area (Å²) in [5, 5.41) is 15.5. The third kappa shape index (κ3) is 7.66. The highest BCUT2D eigenvalue weighted by molar-refractivity contribution is 5.91. The highest BCUT2D eigenvalue weighted by atomic mass is 16.4. The zero-order valence-electron chi connectivity index (χ0n) is 23.3. The Balaban J connectivity index is 3.32. The summed E-state index contributed by atoms with van der Waals surface area (Å²) in [6.45, 7) is 17.2. The molecule has 7 heteroatoms. The van der Waals surface area contributed by atoms with Gasteiger partial charge in [-0.05, 0) is 37.8 Å². The van der Waals surface area contributed by atoms with Crippen LogP contribution in [0.2, 0.25) is 0 Å². The molecule has 0 heterocycles. The Hall–Kier alpha value is -2.67. The van der Waals surface area contributed by atoms with E-state index in [1.54, 1.807) is 25.1 Å². The number of nitrogens with zero attached hydrogens (tertiary/aromatic N) is 1. The number of carboxylic acid groups (broad SMARTS) is 1. The number of benzene rings is 1. The number of carboxylic acids is 1. The van der Waals surface area contributed by atoms with E-state index in [4.69, 9.17) is 0 Å². The zero-order valence-corrected chi connectivity index (χ0v) is 23.3. The number of rotatable bonds is 10. The summed E-state index contributed by atoms with van der Waals surface area (Å²) in [7, 11) is 3.41. The van der Waals surface area contributed by atoms with Crippen molar-refractivity contribution in [2.75, 3.05) is 14.1 Å². The molecule has 35 heavy (non-hydrogen) atoms. The lowest BCUT2D eigenvalue weighted by atomic mass is 9.76. The standard InChI is InChI=1S/C28H45N3O4/c1-17(2)21(16-19(4)26(34)35)31(11)25(33)23(27(5,6)7)30-24(32)22(29-10)28(8,9)20-14-12-13-18(3)15-20/h12-17,21-23,29H,1-11H3,(H,30,32)(H,34,35)/b19-16+/t21-,22-,23-/m1/s1. The van der Waals surface area contributed by atoms with Crippen molar-refractivity contribution in [1.82, 2.24) is 15.5 Å². The normalized spacial score (nSPS) is 15.4. The van der Waals surface area contributed by atoms with Gasteiger partial charge >= 0.3 is 5.97 Å². The Morgan fingerprint density at radius 2 is 1.63 bits per heavy atom. The van der Waals surface area contributed by atoms with Gasteiger partial charge in [0.1, 0.15) is 6.04 Å². The molecule has 0 aliphatic carbocycles. The second kappa shape index (κ2) is 11.8. The number of aliphatic carboxylic acids is 1. The summed E-state index contributed by atoms with van der Waals surface area (Å²) in [5.74, 6) is -1.56. The van der Waals surface area contributed by atoms with Crippen LogP contribution in [0, 0.1) is 18.3 Å². The summed E-state index contributed by atoms with van der Waals surface area (Å²) in [5.41, 5.74) is 1.20. The van der Waals surface area contributed by atoms with E-state index in [1.165, 1.54) is 6.92 Å². The first-order valence-electron chi connectivity index (χ1n) is 12.2. The fraction of sp³-hybridized carbons (Fsp3) is 0.607. The second-order valence-corrected chi connectivity index (χ2v) is 11.5. The summed E-state index contributed by atoms with van der Waals surface area (Å²) >= 11 is 0. The number of amides is 2. The fourth-order valence-corrected chi connectivity index (χ4v) is 4.34. The molecule has 1 aromatic carbocycles. The van der Waals surface area contributed by atoms with Gasteiger partial charge < -0.3 is 20.6 Å². The maximum absolute atomic E-state index is 13.7. The van der Waals surface area contributed by atoms with Gasteiger partial charge in [0.15, 0.2) is 0 Å². The molecule has 0 aromatic heterocycles. The molecule has 196 valence electrons. The van der Waals surface area contributed by atoms with Gasteiger partial charge in [-0.1, -0.05) is 84.4 Å². The molecule has 0 radical (unpaired) electrons. The Bertz CT molecular complexity index is 944. The first kappa shape index (κ1) is 30.4.